The van der Waals surface area contributed by atoms with Crippen molar-refractivity contribution in [1.82, 2.24) is 10.3 Å². The summed E-state index contributed by atoms with van der Waals surface area (Å²) in [7, 11) is 2.92. The highest BCUT2D eigenvalue weighted by molar-refractivity contribution is 6.45. The third kappa shape index (κ3) is 4.30. The van der Waals surface area contributed by atoms with Crippen molar-refractivity contribution < 1.29 is 19.1 Å². The molecule has 32 heavy (non-hydrogen) atoms. The minimum atomic E-state index is -0.512. The van der Waals surface area contributed by atoms with E-state index in [0.717, 1.165) is 16.7 Å². The van der Waals surface area contributed by atoms with Gasteiger partial charge in [0.1, 0.15) is 24.3 Å². The van der Waals surface area contributed by atoms with Gasteiger partial charge in [-0.2, -0.15) is 0 Å². The number of rotatable bonds is 8. The molecule has 7 nitrogen and oxygen atoms in total. The third-order valence-corrected chi connectivity index (χ3v) is 5.48. The zero-order valence-corrected chi connectivity index (χ0v) is 18.4. The van der Waals surface area contributed by atoms with Crippen molar-refractivity contribution in [2.45, 2.75) is 12.2 Å². The van der Waals surface area contributed by atoms with Crippen LogP contribution < -0.4 is 10.1 Å². The van der Waals surface area contributed by atoms with E-state index in [1.165, 1.54) is 14.2 Å². The van der Waals surface area contributed by atoms with E-state index in [0.29, 0.717) is 23.1 Å². The Morgan fingerprint density at radius 3 is 2.56 bits per heavy atom. The number of amides is 1. The second-order valence-corrected chi connectivity index (χ2v) is 7.55. The average molecular weight is 452 g/mol. The summed E-state index contributed by atoms with van der Waals surface area (Å²) in [6.45, 7) is 0.714. The van der Waals surface area contributed by atoms with Gasteiger partial charge in [0.05, 0.1) is 6.61 Å². The molecule has 1 fully saturated rings. The van der Waals surface area contributed by atoms with Crippen LogP contribution in [0.4, 0.5) is 0 Å². The number of nitrogens with one attached hydrogen (secondary N) is 1. The summed E-state index contributed by atoms with van der Waals surface area (Å²) in [5.41, 5.74) is 2.90. The molecule has 2 aromatic carbocycles. The Bertz CT molecular complexity index is 1150. The van der Waals surface area contributed by atoms with Gasteiger partial charge in [-0.15, -0.1) is 0 Å². The second-order valence-electron chi connectivity index (χ2n) is 7.14. The second kappa shape index (κ2) is 9.38. The molecule has 1 aromatic heterocycles. The predicted molar refractivity (Wildman–Crippen MR) is 121 cm³/mol. The van der Waals surface area contributed by atoms with Crippen LogP contribution in [0.25, 0.3) is 0 Å². The molecule has 2 heterocycles. The lowest BCUT2D eigenvalue weighted by Crippen LogP contribution is -2.29. The molecule has 1 aliphatic heterocycles. The fourth-order valence-electron chi connectivity index (χ4n) is 3.48. The van der Waals surface area contributed by atoms with Crippen LogP contribution in [0.1, 0.15) is 22.3 Å². The number of hydrogen-bond donors (Lipinski definition) is 1. The van der Waals surface area contributed by atoms with Crippen LogP contribution in [-0.2, 0) is 26.6 Å². The Kier molecular flexibility index (Phi) is 6.39. The van der Waals surface area contributed by atoms with Crippen molar-refractivity contribution in [3.63, 3.8) is 0 Å². The van der Waals surface area contributed by atoms with Gasteiger partial charge in [-0.3, -0.25) is 4.79 Å². The fourth-order valence-corrected chi connectivity index (χ4v) is 3.70. The molecule has 0 radical (unpaired) electrons. The average Bonchev–Trinajstić information content (AvgIpc) is 3.64. The first-order valence-electron chi connectivity index (χ1n) is 9.99. The summed E-state index contributed by atoms with van der Waals surface area (Å²) in [4.78, 5) is 21.5. The van der Waals surface area contributed by atoms with Crippen molar-refractivity contribution in [2.24, 2.45) is 5.16 Å². The lowest BCUT2D eigenvalue weighted by Gasteiger charge is -2.15. The van der Waals surface area contributed by atoms with Crippen molar-refractivity contribution in [3.05, 3.63) is 94.1 Å². The largest absolute Gasteiger partial charge is 0.472 e. The summed E-state index contributed by atoms with van der Waals surface area (Å²) in [6, 6.07) is 19.1. The Hall–Kier alpha value is -3.42. The minimum Gasteiger partial charge on any atom is -0.472 e. The van der Waals surface area contributed by atoms with Crippen LogP contribution in [0.2, 0.25) is 5.02 Å². The quantitative estimate of drug-likeness (QED) is 0.321. The van der Waals surface area contributed by atoms with Crippen LogP contribution >= 0.6 is 11.6 Å². The lowest BCUT2D eigenvalue weighted by atomic mass is 9.93. The molecule has 0 aliphatic carbocycles. The SMILES string of the molecule is CNC(=O)/C(=N/OC)c1ccccc1COc1ncc(C2(c3ccccc3)CO2)cc1Cl. The van der Waals surface area contributed by atoms with E-state index in [1.807, 2.05) is 54.6 Å². The number of pyridine rings is 1. The maximum Gasteiger partial charge on any atom is 0.273 e. The van der Waals surface area contributed by atoms with Crippen molar-refractivity contribution in [1.29, 1.82) is 0 Å². The van der Waals surface area contributed by atoms with Gasteiger partial charge in [0.25, 0.3) is 5.91 Å². The standard InChI is InChI=1S/C24H22ClN3O4/c1-26-22(29)21(28-30-2)19-11-7-6-8-16(19)14-31-23-20(25)12-18(13-27-23)24(15-32-24)17-9-4-3-5-10-17/h3-13H,14-15H2,1-2H3,(H,26,29)/b28-21+. The molecule has 4 rings (SSSR count). The summed E-state index contributed by atoms with van der Waals surface area (Å²) >= 11 is 6.49. The molecular formula is C24H22ClN3O4. The van der Waals surface area contributed by atoms with Gasteiger partial charge >= 0.3 is 0 Å². The van der Waals surface area contributed by atoms with E-state index in [2.05, 4.69) is 15.5 Å². The number of benzene rings is 2. The number of halogens is 1. The van der Waals surface area contributed by atoms with Gasteiger partial charge in [0.15, 0.2) is 5.71 Å². The van der Waals surface area contributed by atoms with E-state index in [-0.39, 0.29) is 18.2 Å². The predicted octanol–water partition coefficient (Wildman–Crippen LogP) is 3.68. The van der Waals surface area contributed by atoms with Crippen LogP contribution in [0.15, 0.2) is 72.0 Å². The summed E-state index contributed by atoms with van der Waals surface area (Å²) < 4.78 is 11.7. The monoisotopic (exact) mass is 451 g/mol. The molecule has 1 unspecified atom stereocenters. The smallest absolute Gasteiger partial charge is 0.273 e. The van der Waals surface area contributed by atoms with Gasteiger partial charge in [-0.25, -0.2) is 4.98 Å². The molecule has 1 N–H and O–H groups in total. The number of nitrogens with zero attached hydrogens (tertiary/aromatic N) is 2. The first kappa shape index (κ1) is 21.8. The number of carbonyl (C=O) groups is 1. The highest BCUT2D eigenvalue weighted by Gasteiger charge is 2.48. The number of hydrogen-bond acceptors (Lipinski definition) is 6. The molecule has 1 saturated heterocycles. The molecule has 3 aromatic rings. The number of aromatic nitrogens is 1. The summed E-state index contributed by atoms with van der Waals surface area (Å²) in [5, 5.41) is 6.81. The van der Waals surface area contributed by atoms with E-state index in [1.54, 1.807) is 12.3 Å². The number of oxime groups is 1. The third-order valence-electron chi connectivity index (χ3n) is 5.21. The molecular weight excluding hydrogens is 430 g/mol. The highest BCUT2D eigenvalue weighted by Crippen LogP contribution is 2.46. The maximum atomic E-state index is 12.2. The highest BCUT2D eigenvalue weighted by atomic mass is 35.5. The Balaban J connectivity index is 1.55. The molecule has 0 spiro atoms. The number of carbonyl (C=O) groups excluding carboxylic acids is 1. The van der Waals surface area contributed by atoms with E-state index in [4.69, 9.17) is 25.9 Å². The Morgan fingerprint density at radius 2 is 1.91 bits per heavy atom. The number of epoxide rings is 1. The van der Waals surface area contributed by atoms with E-state index in [9.17, 15) is 4.79 Å². The van der Waals surface area contributed by atoms with Crippen molar-refractivity contribution in [2.75, 3.05) is 20.8 Å². The minimum absolute atomic E-state index is 0.141. The Morgan fingerprint density at radius 1 is 1.19 bits per heavy atom. The molecule has 8 heteroatoms. The zero-order valence-electron chi connectivity index (χ0n) is 17.7. The maximum absolute atomic E-state index is 12.2. The molecule has 1 atom stereocenters. The van der Waals surface area contributed by atoms with Crippen LogP contribution in [0.5, 0.6) is 5.88 Å². The topological polar surface area (TPSA) is 85.3 Å². The van der Waals surface area contributed by atoms with Gasteiger partial charge < -0.3 is 19.6 Å². The van der Waals surface area contributed by atoms with Crippen LogP contribution in [0, 0.1) is 0 Å². The molecule has 0 saturated carbocycles. The first-order valence-corrected chi connectivity index (χ1v) is 10.4. The van der Waals surface area contributed by atoms with Crippen molar-refractivity contribution in [3.8, 4) is 5.88 Å². The number of ether oxygens (including phenoxy) is 2. The van der Waals surface area contributed by atoms with Gasteiger partial charge in [0, 0.05) is 24.4 Å². The van der Waals surface area contributed by atoms with Gasteiger partial charge in [-0.1, -0.05) is 71.4 Å². The fraction of sp³-hybridized carbons (Fsp3) is 0.208. The van der Waals surface area contributed by atoms with Gasteiger partial charge in [-0.05, 0) is 17.2 Å². The van der Waals surface area contributed by atoms with E-state index >= 15 is 0 Å². The van der Waals surface area contributed by atoms with Crippen LogP contribution in [0.3, 0.4) is 0 Å². The van der Waals surface area contributed by atoms with Crippen molar-refractivity contribution >= 4 is 23.2 Å². The molecule has 1 amide bonds. The molecule has 0 bridgehead atoms. The lowest BCUT2D eigenvalue weighted by molar-refractivity contribution is -0.114. The van der Waals surface area contributed by atoms with Gasteiger partial charge in [0.2, 0.25) is 5.88 Å². The number of likely N-dealkylation sites (N-methyl/N-ethyl adjacent to an activating group) is 1. The molecule has 164 valence electrons. The normalized spacial score (nSPS) is 17.5. The first-order chi connectivity index (χ1) is 15.6. The summed E-state index contributed by atoms with van der Waals surface area (Å²) in [6.07, 6.45) is 1.72. The zero-order chi connectivity index (χ0) is 22.6. The summed E-state index contributed by atoms with van der Waals surface area (Å²) in [5.74, 6) is -0.0743. The Labute approximate surface area is 191 Å². The molecule has 1 aliphatic rings. The van der Waals surface area contributed by atoms with E-state index < -0.39 is 5.60 Å². The van der Waals surface area contributed by atoms with Crippen LogP contribution in [-0.4, -0.2) is 37.4 Å².